The van der Waals surface area contributed by atoms with Crippen molar-refractivity contribution in [2.75, 3.05) is 26.5 Å². The fraction of sp³-hybridized carbons (Fsp3) is 0.148. The summed E-state index contributed by atoms with van der Waals surface area (Å²) < 4.78 is 32.9. The molecule has 0 radical (unpaired) electrons. The third kappa shape index (κ3) is 4.96. The highest BCUT2D eigenvalue weighted by Crippen LogP contribution is 2.36. The Morgan fingerprint density at radius 3 is 2.43 bits per heavy atom. The van der Waals surface area contributed by atoms with E-state index in [1.807, 2.05) is 0 Å². The molecule has 2 amide bonds. The Morgan fingerprint density at radius 1 is 1.03 bits per heavy atom. The average Bonchev–Trinajstić information content (AvgIpc) is 2.88. The van der Waals surface area contributed by atoms with Gasteiger partial charge in [0.05, 0.1) is 33.7 Å². The van der Waals surface area contributed by atoms with Gasteiger partial charge < -0.3 is 20.7 Å². The highest BCUT2D eigenvalue weighted by atomic mass is 32.2. The van der Waals surface area contributed by atoms with Gasteiger partial charge in [-0.1, -0.05) is 12.1 Å². The molecule has 1 aromatic heterocycles. The van der Waals surface area contributed by atoms with Crippen molar-refractivity contribution >= 4 is 43.9 Å². The summed E-state index contributed by atoms with van der Waals surface area (Å²) in [5.74, 6) is -0.448. The number of carbonyl (C=O) groups is 2. The third-order valence-corrected chi connectivity index (χ3v) is 7.54. The van der Waals surface area contributed by atoms with E-state index in [4.69, 9.17) is 10.5 Å². The van der Waals surface area contributed by atoms with Gasteiger partial charge in [0.25, 0.3) is 11.8 Å². The topological polar surface area (TPSA) is 132 Å². The van der Waals surface area contributed by atoms with Crippen LogP contribution in [0.25, 0.3) is 10.9 Å². The number of aromatic nitrogens is 1. The molecule has 190 valence electrons. The predicted octanol–water partition coefficient (Wildman–Crippen LogP) is 3.93. The number of sulfone groups is 1. The maximum absolute atomic E-state index is 13.8. The zero-order valence-corrected chi connectivity index (χ0v) is 21.6. The molecule has 0 aliphatic rings. The number of amides is 2. The molecule has 4 rings (SSSR count). The second-order valence-electron chi connectivity index (χ2n) is 8.66. The van der Waals surface area contributed by atoms with Gasteiger partial charge in [0.2, 0.25) is 9.84 Å². The molecule has 9 nitrogen and oxygen atoms in total. The molecule has 0 spiro atoms. The fourth-order valence-corrected chi connectivity index (χ4v) is 5.51. The number of rotatable bonds is 7. The van der Waals surface area contributed by atoms with Crippen LogP contribution < -0.4 is 15.8 Å². The molecular formula is C27H26N4O5S. The Bertz CT molecular complexity index is 1650. The largest absolute Gasteiger partial charge is 0.497 e. The molecule has 0 bridgehead atoms. The van der Waals surface area contributed by atoms with E-state index in [1.54, 1.807) is 57.4 Å². The molecular weight excluding hydrogens is 492 g/mol. The standard InChI is InChI=1S/C27H26N4O5S/c1-16-11-21-24(30-18-8-6-9-19(14-18)36-4)22(26(28)32)15-29-25(21)23(12-16)37(34,35)20-10-5-7-17(13-20)27(33)31(2)3/h5-15H,1-4H3,(H2,28,32)(H,29,30). The van der Waals surface area contributed by atoms with Gasteiger partial charge in [-0.3, -0.25) is 14.6 Å². The van der Waals surface area contributed by atoms with Crippen molar-refractivity contribution in [2.45, 2.75) is 16.7 Å². The smallest absolute Gasteiger partial charge is 0.253 e. The molecule has 0 aliphatic carbocycles. The van der Waals surface area contributed by atoms with Crippen molar-refractivity contribution in [3.8, 4) is 5.75 Å². The van der Waals surface area contributed by atoms with Gasteiger partial charge in [0, 0.05) is 43.0 Å². The Hall–Kier alpha value is -4.44. The number of hydrogen-bond donors (Lipinski definition) is 2. The van der Waals surface area contributed by atoms with Crippen LogP contribution in [0.5, 0.6) is 5.75 Å². The molecule has 1 heterocycles. The highest BCUT2D eigenvalue weighted by molar-refractivity contribution is 7.91. The number of benzene rings is 3. The minimum absolute atomic E-state index is 0.0461. The van der Waals surface area contributed by atoms with Gasteiger partial charge in [-0.05, 0) is 55.0 Å². The van der Waals surface area contributed by atoms with Gasteiger partial charge in [-0.2, -0.15) is 0 Å². The lowest BCUT2D eigenvalue weighted by atomic mass is 10.1. The third-order valence-electron chi connectivity index (χ3n) is 5.77. The molecule has 37 heavy (non-hydrogen) atoms. The lowest BCUT2D eigenvalue weighted by Crippen LogP contribution is -2.21. The van der Waals surface area contributed by atoms with Crippen LogP contribution in [-0.4, -0.2) is 51.3 Å². The maximum Gasteiger partial charge on any atom is 0.253 e. The van der Waals surface area contributed by atoms with E-state index in [0.29, 0.717) is 28.1 Å². The van der Waals surface area contributed by atoms with E-state index < -0.39 is 15.7 Å². The van der Waals surface area contributed by atoms with E-state index in [1.165, 1.54) is 42.5 Å². The SMILES string of the molecule is COc1cccc(Nc2c(C(N)=O)cnc3c(S(=O)(=O)c4cccc(C(=O)N(C)C)c4)cc(C)cc23)c1. The first-order chi connectivity index (χ1) is 17.5. The summed E-state index contributed by atoms with van der Waals surface area (Å²) in [5, 5.41) is 3.59. The van der Waals surface area contributed by atoms with Crippen LogP contribution in [0.2, 0.25) is 0 Å². The molecule has 10 heteroatoms. The number of nitrogens with zero attached hydrogens (tertiary/aromatic N) is 2. The number of fused-ring (bicyclic) bond motifs is 1. The number of hydrogen-bond acceptors (Lipinski definition) is 7. The van der Waals surface area contributed by atoms with Crippen LogP contribution in [0.15, 0.2) is 76.7 Å². The van der Waals surface area contributed by atoms with Crippen LogP contribution in [0.1, 0.15) is 26.3 Å². The number of pyridine rings is 1. The van der Waals surface area contributed by atoms with E-state index in [9.17, 15) is 18.0 Å². The Kier molecular flexibility index (Phi) is 6.86. The summed E-state index contributed by atoms with van der Waals surface area (Å²) in [5.41, 5.74) is 7.70. The zero-order chi connectivity index (χ0) is 26.9. The summed E-state index contributed by atoms with van der Waals surface area (Å²) in [6.45, 7) is 1.75. The highest BCUT2D eigenvalue weighted by Gasteiger charge is 2.25. The van der Waals surface area contributed by atoms with Crippen molar-refractivity contribution in [3.63, 3.8) is 0 Å². The minimum Gasteiger partial charge on any atom is -0.497 e. The number of aryl methyl sites for hydroxylation is 1. The lowest BCUT2D eigenvalue weighted by molar-refractivity contribution is 0.0827. The normalized spacial score (nSPS) is 11.2. The predicted molar refractivity (Wildman–Crippen MR) is 141 cm³/mol. The van der Waals surface area contributed by atoms with E-state index in [0.717, 1.165) is 0 Å². The molecule has 0 saturated heterocycles. The van der Waals surface area contributed by atoms with Gasteiger partial charge >= 0.3 is 0 Å². The van der Waals surface area contributed by atoms with Gasteiger partial charge in [-0.25, -0.2) is 8.42 Å². The summed E-state index contributed by atoms with van der Waals surface area (Å²) in [6.07, 6.45) is 1.26. The molecule has 0 fully saturated rings. The number of ether oxygens (including phenoxy) is 1. The van der Waals surface area contributed by atoms with Crippen molar-refractivity contribution < 1.29 is 22.7 Å². The number of carbonyl (C=O) groups excluding carboxylic acids is 2. The molecule has 0 atom stereocenters. The van der Waals surface area contributed by atoms with Crippen LogP contribution in [-0.2, 0) is 9.84 Å². The minimum atomic E-state index is -4.10. The first-order valence-corrected chi connectivity index (χ1v) is 12.7. The number of primary amides is 1. The summed E-state index contributed by atoms with van der Waals surface area (Å²) in [7, 11) is 0.623. The molecule has 4 aromatic rings. The summed E-state index contributed by atoms with van der Waals surface area (Å²) >= 11 is 0. The van der Waals surface area contributed by atoms with E-state index in [-0.39, 0.29) is 32.3 Å². The van der Waals surface area contributed by atoms with Crippen molar-refractivity contribution in [1.82, 2.24) is 9.88 Å². The monoisotopic (exact) mass is 518 g/mol. The Balaban J connectivity index is 1.95. The average molecular weight is 519 g/mol. The van der Waals surface area contributed by atoms with Gasteiger partial charge in [0.15, 0.2) is 0 Å². The number of nitrogens with one attached hydrogen (secondary N) is 1. The number of nitrogens with two attached hydrogens (primary N) is 1. The van der Waals surface area contributed by atoms with Crippen LogP contribution in [0.4, 0.5) is 11.4 Å². The Morgan fingerprint density at radius 2 is 1.76 bits per heavy atom. The number of anilines is 2. The summed E-state index contributed by atoms with van der Waals surface area (Å²) in [4.78, 5) is 30.3. The van der Waals surface area contributed by atoms with E-state index in [2.05, 4.69) is 10.3 Å². The van der Waals surface area contributed by atoms with Crippen LogP contribution in [0, 0.1) is 6.92 Å². The number of methoxy groups -OCH3 is 1. The zero-order valence-electron chi connectivity index (χ0n) is 20.8. The lowest BCUT2D eigenvalue weighted by Gasteiger charge is -2.17. The van der Waals surface area contributed by atoms with Gasteiger partial charge in [0.1, 0.15) is 5.75 Å². The summed E-state index contributed by atoms with van der Waals surface area (Å²) in [6, 6.07) is 16.2. The maximum atomic E-state index is 13.8. The fourth-order valence-electron chi connectivity index (χ4n) is 3.96. The Labute approximate surface area is 214 Å². The molecule has 3 N–H and O–H groups in total. The second kappa shape index (κ2) is 9.90. The quantitative estimate of drug-likeness (QED) is 0.379. The van der Waals surface area contributed by atoms with Crippen molar-refractivity contribution in [1.29, 1.82) is 0 Å². The second-order valence-corrected chi connectivity index (χ2v) is 10.6. The first kappa shape index (κ1) is 25.6. The molecule has 0 saturated carbocycles. The van der Waals surface area contributed by atoms with Crippen molar-refractivity contribution in [2.24, 2.45) is 5.73 Å². The van der Waals surface area contributed by atoms with E-state index >= 15 is 0 Å². The van der Waals surface area contributed by atoms with Gasteiger partial charge in [-0.15, -0.1) is 0 Å². The van der Waals surface area contributed by atoms with Crippen molar-refractivity contribution in [3.05, 3.63) is 83.6 Å². The molecule has 0 unspecified atom stereocenters. The molecule has 3 aromatic carbocycles. The van der Waals surface area contributed by atoms with Crippen LogP contribution in [0.3, 0.4) is 0 Å². The molecule has 0 aliphatic heterocycles. The van der Waals surface area contributed by atoms with Crippen LogP contribution >= 0.6 is 0 Å². The first-order valence-electron chi connectivity index (χ1n) is 11.2.